The standard InChI is InChI=1S/C22H33N3O6S/c1-15(2)25(21(27)31-22(3,4)5)13-16-7-6-10-24(12-16)32(28,29)17-8-9-19-18(11-17)23-20(26)14-30-19/h8-9,11,15-16H,6-7,10,12-14H2,1-5H3,(H,23,26)/t16-/m1/s1. The Morgan fingerprint density at radius 3 is 2.72 bits per heavy atom. The Bertz CT molecular complexity index is 970. The maximum Gasteiger partial charge on any atom is 0.410 e. The zero-order valence-corrected chi connectivity index (χ0v) is 20.2. The molecule has 0 radical (unpaired) electrons. The molecule has 1 N–H and O–H groups in total. The lowest BCUT2D eigenvalue weighted by atomic mass is 9.98. The zero-order chi connectivity index (χ0) is 23.7. The van der Waals surface area contributed by atoms with E-state index in [4.69, 9.17) is 9.47 Å². The normalized spacial score (nSPS) is 19.7. The van der Waals surface area contributed by atoms with Crippen molar-refractivity contribution in [3.8, 4) is 5.75 Å². The third-order valence-corrected chi connectivity index (χ3v) is 7.27. The first-order valence-electron chi connectivity index (χ1n) is 10.9. The van der Waals surface area contributed by atoms with Gasteiger partial charge in [-0.1, -0.05) is 0 Å². The van der Waals surface area contributed by atoms with E-state index >= 15 is 0 Å². The van der Waals surface area contributed by atoms with E-state index in [1.54, 1.807) is 11.0 Å². The van der Waals surface area contributed by atoms with Crippen LogP contribution < -0.4 is 10.1 Å². The van der Waals surface area contributed by atoms with E-state index in [9.17, 15) is 18.0 Å². The van der Waals surface area contributed by atoms with Crippen molar-refractivity contribution in [1.82, 2.24) is 9.21 Å². The number of hydrogen-bond acceptors (Lipinski definition) is 6. The average molecular weight is 468 g/mol. The highest BCUT2D eigenvalue weighted by Gasteiger charge is 2.34. The van der Waals surface area contributed by atoms with Crippen molar-refractivity contribution in [2.24, 2.45) is 5.92 Å². The Morgan fingerprint density at radius 2 is 2.06 bits per heavy atom. The Balaban J connectivity index is 1.74. The van der Waals surface area contributed by atoms with Crippen LogP contribution in [0.15, 0.2) is 23.1 Å². The van der Waals surface area contributed by atoms with E-state index in [-0.39, 0.29) is 29.4 Å². The van der Waals surface area contributed by atoms with Crippen LogP contribution >= 0.6 is 0 Å². The van der Waals surface area contributed by atoms with Gasteiger partial charge in [-0.25, -0.2) is 13.2 Å². The number of rotatable bonds is 5. The second-order valence-corrected chi connectivity index (χ2v) is 11.5. The second-order valence-electron chi connectivity index (χ2n) is 9.59. The summed E-state index contributed by atoms with van der Waals surface area (Å²) in [5, 5.41) is 2.65. The summed E-state index contributed by atoms with van der Waals surface area (Å²) in [6.45, 7) is 10.4. The number of piperidine rings is 1. The van der Waals surface area contributed by atoms with Crippen LogP contribution in [0, 0.1) is 5.92 Å². The molecular formula is C22H33N3O6S. The van der Waals surface area contributed by atoms with Gasteiger partial charge >= 0.3 is 6.09 Å². The van der Waals surface area contributed by atoms with Crippen LogP contribution in [-0.2, 0) is 19.6 Å². The molecule has 1 saturated heterocycles. The lowest BCUT2D eigenvalue weighted by Gasteiger charge is -2.37. The Morgan fingerprint density at radius 1 is 1.34 bits per heavy atom. The summed E-state index contributed by atoms with van der Waals surface area (Å²) >= 11 is 0. The van der Waals surface area contributed by atoms with Crippen LogP contribution in [0.5, 0.6) is 5.75 Å². The fourth-order valence-corrected chi connectivity index (χ4v) is 5.44. The topological polar surface area (TPSA) is 105 Å². The van der Waals surface area contributed by atoms with E-state index in [2.05, 4.69) is 5.32 Å². The van der Waals surface area contributed by atoms with Crippen LogP contribution in [0.2, 0.25) is 0 Å². The zero-order valence-electron chi connectivity index (χ0n) is 19.4. The molecule has 0 aliphatic carbocycles. The summed E-state index contributed by atoms with van der Waals surface area (Å²) in [4.78, 5) is 26.0. The van der Waals surface area contributed by atoms with Gasteiger partial charge in [0.25, 0.3) is 5.91 Å². The molecule has 178 valence electrons. The maximum absolute atomic E-state index is 13.3. The third kappa shape index (κ3) is 5.72. The predicted octanol–water partition coefficient (Wildman–Crippen LogP) is 3.06. The fourth-order valence-electron chi connectivity index (χ4n) is 3.86. The minimum absolute atomic E-state index is 0.00546. The van der Waals surface area contributed by atoms with E-state index in [0.29, 0.717) is 37.5 Å². The molecule has 1 aromatic carbocycles. The summed E-state index contributed by atoms with van der Waals surface area (Å²) in [5.41, 5.74) is -0.246. The van der Waals surface area contributed by atoms with Gasteiger partial charge in [0.2, 0.25) is 10.0 Å². The number of nitrogens with zero attached hydrogens (tertiary/aromatic N) is 2. The van der Waals surface area contributed by atoms with Gasteiger partial charge in [0.05, 0.1) is 10.6 Å². The molecule has 2 amide bonds. The monoisotopic (exact) mass is 467 g/mol. The van der Waals surface area contributed by atoms with Crippen molar-refractivity contribution >= 4 is 27.7 Å². The lowest BCUT2D eigenvalue weighted by Crippen LogP contribution is -2.48. The van der Waals surface area contributed by atoms with Crippen LogP contribution in [0.4, 0.5) is 10.5 Å². The molecule has 2 aliphatic heterocycles. The number of carbonyl (C=O) groups excluding carboxylic acids is 2. The number of nitrogens with one attached hydrogen (secondary N) is 1. The van der Waals surface area contributed by atoms with Crippen LogP contribution in [-0.4, -0.2) is 67.5 Å². The molecule has 3 rings (SSSR count). The second kappa shape index (κ2) is 9.27. The molecular weight excluding hydrogens is 434 g/mol. The van der Waals surface area contributed by atoms with E-state index in [1.165, 1.54) is 16.4 Å². The largest absolute Gasteiger partial charge is 0.482 e. The third-order valence-electron chi connectivity index (χ3n) is 5.41. The number of hydrogen-bond donors (Lipinski definition) is 1. The number of carbonyl (C=O) groups is 2. The van der Waals surface area contributed by atoms with Gasteiger partial charge in [0.1, 0.15) is 11.4 Å². The van der Waals surface area contributed by atoms with Crippen molar-refractivity contribution in [2.75, 3.05) is 31.6 Å². The highest BCUT2D eigenvalue weighted by atomic mass is 32.2. The average Bonchev–Trinajstić information content (AvgIpc) is 2.70. The number of amides is 2. The first-order valence-corrected chi connectivity index (χ1v) is 12.4. The molecule has 2 aliphatic rings. The van der Waals surface area contributed by atoms with Gasteiger partial charge in [-0.05, 0) is 71.6 Å². The fraction of sp³-hybridized carbons (Fsp3) is 0.636. The Hall–Kier alpha value is -2.33. The molecule has 0 spiro atoms. The number of benzene rings is 1. The number of sulfonamides is 1. The van der Waals surface area contributed by atoms with Crippen molar-refractivity contribution in [2.45, 2.75) is 64.0 Å². The summed E-state index contributed by atoms with van der Waals surface area (Å²) in [7, 11) is -3.76. The highest BCUT2D eigenvalue weighted by Crippen LogP contribution is 2.32. The molecule has 32 heavy (non-hydrogen) atoms. The van der Waals surface area contributed by atoms with Crippen LogP contribution in [0.3, 0.4) is 0 Å². The Labute approximate surface area is 190 Å². The molecule has 0 bridgehead atoms. The van der Waals surface area contributed by atoms with Crippen molar-refractivity contribution in [1.29, 1.82) is 0 Å². The van der Waals surface area contributed by atoms with Crippen molar-refractivity contribution < 1.29 is 27.5 Å². The number of ether oxygens (including phenoxy) is 2. The molecule has 0 saturated carbocycles. The number of fused-ring (bicyclic) bond motifs is 1. The van der Waals surface area contributed by atoms with Crippen LogP contribution in [0.25, 0.3) is 0 Å². The van der Waals surface area contributed by atoms with Crippen LogP contribution in [0.1, 0.15) is 47.5 Å². The number of anilines is 1. The maximum atomic E-state index is 13.3. The van der Waals surface area contributed by atoms with Gasteiger partial charge < -0.3 is 19.7 Å². The molecule has 0 unspecified atom stereocenters. The minimum Gasteiger partial charge on any atom is -0.482 e. The SMILES string of the molecule is CC(C)N(C[C@@H]1CCCN(S(=O)(=O)c2ccc3c(c2)NC(=O)CO3)C1)C(=O)OC(C)(C)C. The molecule has 1 fully saturated rings. The van der Waals surface area contributed by atoms with Gasteiger partial charge in [-0.15, -0.1) is 0 Å². The van der Waals surface area contributed by atoms with Gasteiger partial charge in [0, 0.05) is 25.7 Å². The van der Waals surface area contributed by atoms with Crippen molar-refractivity contribution in [3.63, 3.8) is 0 Å². The molecule has 1 aromatic rings. The molecule has 2 heterocycles. The lowest BCUT2D eigenvalue weighted by molar-refractivity contribution is -0.118. The van der Waals surface area contributed by atoms with Gasteiger partial charge in [0.15, 0.2) is 6.61 Å². The van der Waals surface area contributed by atoms with E-state index < -0.39 is 21.7 Å². The van der Waals surface area contributed by atoms with Gasteiger partial charge in [-0.3, -0.25) is 4.79 Å². The summed E-state index contributed by atoms with van der Waals surface area (Å²) in [5.74, 6) is 0.125. The minimum atomic E-state index is -3.76. The van der Waals surface area contributed by atoms with Gasteiger partial charge in [-0.2, -0.15) is 4.31 Å². The summed E-state index contributed by atoms with van der Waals surface area (Å²) in [6, 6.07) is 4.43. The van der Waals surface area contributed by atoms with E-state index in [0.717, 1.165) is 6.42 Å². The van der Waals surface area contributed by atoms with E-state index in [1.807, 2.05) is 34.6 Å². The molecule has 0 aromatic heterocycles. The first kappa shape index (κ1) is 24.3. The predicted molar refractivity (Wildman–Crippen MR) is 120 cm³/mol. The molecule has 9 nitrogen and oxygen atoms in total. The summed E-state index contributed by atoms with van der Waals surface area (Å²) < 4.78 is 38.9. The quantitative estimate of drug-likeness (QED) is 0.714. The Kier molecular flexibility index (Phi) is 7.04. The molecule has 1 atom stereocenters. The first-order chi connectivity index (χ1) is 14.9. The highest BCUT2D eigenvalue weighted by molar-refractivity contribution is 7.89. The van der Waals surface area contributed by atoms with Crippen molar-refractivity contribution in [3.05, 3.63) is 18.2 Å². The summed E-state index contributed by atoms with van der Waals surface area (Å²) in [6.07, 6.45) is 1.14. The smallest absolute Gasteiger partial charge is 0.410 e. The molecule has 10 heteroatoms.